The first-order chi connectivity index (χ1) is 15.0. The lowest BCUT2D eigenvalue weighted by Crippen LogP contribution is -2.49. The van der Waals surface area contributed by atoms with Crippen molar-refractivity contribution in [1.29, 1.82) is 0 Å². The van der Waals surface area contributed by atoms with Crippen LogP contribution in [0.25, 0.3) is 0 Å². The van der Waals surface area contributed by atoms with Gasteiger partial charge in [-0.1, -0.05) is 31.0 Å². The molecule has 2 aliphatic heterocycles. The number of hydrogen-bond donors (Lipinski definition) is 0. The average Bonchev–Trinajstić information content (AvgIpc) is 3.36. The molecule has 0 spiro atoms. The molecule has 174 valence electrons. The van der Waals surface area contributed by atoms with Crippen molar-refractivity contribution in [2.75, 3.05) is 48.5 Å². The number of sulfone groups is 1. The highest BCUT2D eigenvalue weighted by Crippen LogP contribution is 2.30. The lowest BCUT2D eigenvalue weighted by atomic mass is 9.93. The van der Waals surface area contributed by atoms with Gasteiger partial charge in [-0.05, 0) is 26.2 Å². The van der Waals surface area contributed by atoms with Gasteiger partial charge in [0.25, 0.3) is 0 Å². The second kappa shape index (κ2) is 10.1. The van der Waals surface area contributed by atoms with E-state index in [0.29, 0.717) is 19.6 Å². The zero-order valence-electron chi connectivity index (χ0n) is 18.2. The van der Waals surface area contributed by atoms with Gasteiger partial charge in [0.05, 0.1) is 30.5 Å². The molecule has 11 heteroatoms. The topological polar surface area (TPSA) is 97.6 Å². The van der Waals surface area contributed by atoms with E-state index >= 15 is 0 Å². The van der Waals surface area contributed by atoms with E-state index in [4.69, 9.17) is 4.74 Å². The van der Waals surface area contributed by atoms with Crippen molar-refractivity contribution in [3.63, 3.8) is 0 Å². The standard InChI is InChI=1S/C20H33N5O4S2/c1-2-24-19(23-9-11-29-12-10-23)21-22-20(24)30-14-18(26)25(16-6-4-3-5-7-16)17-8-13-31(27,28)15-17/h16-17H,2-15H2,1H3/t17-/m1/s1. The summed E-state index contributed by atoms with van der Waals surface area (Å²) in [6.07, 6.45) is 5.91. The summed E-state index contributed by atoms with van der Waals surface area (Å²) in [7, 11) is -3.04. The van der Waals surface area contributed by atoms with Gasteiger partial charge in [0.1, 0.15) is 0 Å². The van der Waals surface area contributed by atoms with Crippen LogP contribution in [0.15, 0.2) is 5.16 Å². The van der Waals surface area contributed by atoms with Crippen molar-refractivity contribution in [2.45, 2.75) is 69.2 Å². The third kappa shape index (κ3) is 5.36. The van der Waals surface area contributed by atoms with E-state index in [1.807, 2.05) is 9.47 Å². The van der Waals surface area contributed by atoms with Crippen molar-refractivity contribution < 1.29 is 17.9 Å². The molecule has 0 bridgehead atoms. The Morgan fingerprint density at radius 3 is 2.52 bits per heavy atom. The van der Waals surface area contributed by atoms with Crippen LogP contribution >= 0.6 is 11.8 Å². The van der Waals surface area contributed by atoms with Crippen molar-refractivity contribution in [1.82, 2.24) is 19.7 Å². The van der Waals surface area contributed by atoms with E-state index in [1.54, 1.807) is 0 Å². The molecule has 9 nitrogen and oxygen atoms in total. The molecule has 1 aromatic rings. The fourth-order valence-electron chi connectivity index (χ4n) is 4.92. The first-order valence-electron chi connectivity index (χ1n) is 11.4. The predicted octanol–water partition coefficient (Wildman–Crippen LogP) is 1.58. The monoisotopic (exact) mass is 471 g/mol. The Labute approximate surface area is 188 Å². The predicted molar refractivity (Wildman–Crippen MR) is 120 cm³/mol. The van der Waals surface area contributed by atoms with Crippen molar-refractivity contribution >= 4 is 33.5 Å². The maximum Gasteiger partial charge on any atom is 0.233 e. The molecule has 3 fully saturated rings. The molecule has 0 unspecified atom stereocenters. The molecule has 1 aromatic heterocycles. The van der Waals surface area contributed by atoms with Crippen LogP contribution < -0.4 is 4.90 Å². The Hall–Kier alpha value is -1.33. The van der Waals surface area contributed by atoms with Crippen molar-refractivity contribution in [2.24, 2.45) is 0 Å². The molecule has 1 saturated carbocycles. The number of carbonyl (C=O) groups excluding carboxylic acids is 1. The summed E-state index contributed by atoms with van der Waals surface area (Å²) < 4.78 is 31.7. The number of ether oxygens (including phenoxy) is 1. The molecule has 1 aliphatic carbocycles. The number of amides is 1. The number of hydrogen-bond acceptors (Lipinski definition) is 8. The quantitative estimate of drug-likeness (QED) is 0.553. The highest BCUT2D eigenvalue weighted by molar-refractivity contribution is 7.99. The van der Waals surface area contributed by atoms with Crippen LogP contribution in [0.4, 0.5) is 5.95 Å². The third-order valence-corrected chi connectivity index (χ3v) is 9.19. The SMILES string of the molecule is CCn1c(SCC(=O)N(C2CCCCC2)[C@@H]2CCS(=O)(=O)C2)nnc1N1CCOCC1. The Morgan fingerprint density at radius 2 is 1.87 bits per heavy atom. The zero-order valence-corrected chi connectivity index (χ0v) is 19.9. The van der Waals surface area contributed by atoms with Crippen LogP contribution in [-0.2, 0) is 25.9 Å². The molecule has 0 N–H and O–H groups in total. The number of morpholine rings is 1. The van der Waals surface area contributed by atoms with Crippen LogP contribution in [0.1, 0.15) is 45.4 Å². The van der Waals surface area contributed by atoms with E-state index in [1.165, 1.54) is 18.2 Å². The van der Waals surface area contributed by atoms with E-state index in [0.717, 1.165) is 56.4 Å². The number of carbonyl (C=O) groups is 1. The van der Waals surface area contributed by atoms with E-state index in [2.05, 4.69) is 22.0 Å². The normalized spacial score (nSPS) is 24.4. The van der Waals surface area contributed by atoms with Gasteiger partial charge < -0.3 is 14.5 Å². The van der Waals surface area contributed by atoms with Gasteiger partial charge in [0, 0.05) is 31.7 Å². The summed E-state index contributed by atoms with van der Waals surface area (Å²) in [4.78, 5) is 17.4. The van der Waals surface area contributed by atoms with Gasteiger partial charge in [-0.15, -0.1) is 10.2 Å². The fraction of sp³-hybridized carbons (Fsp3) is 0.850. The van der Waals surface area contributed by atoms with Crippen molar-refractivity contribution in [3.05, 3.63) is 0 Å². The lowest BCUT2D eigenvalue weighted by molar-refractivity contribution is -0.133. The summed E-state index contributed by atoms with van der Waals surface area (Å²) in [6.45, 7) is 5.71. The van der Waals surface area contributed by atoms with Gasteiger partial charge >= 0.3 is 0 Å². The molecular formula is C20H33N5O4S2. The lowest BCUT2D eigenvalue weighted by Gasteiger charge is -2.38. The molecule has 3 aliphatic rings. The first-order valence-corrected chi connectivity index (χ1v) is 14.2. The average molecular weight is 472 g/mol. The molecule has 31 heavy (non-hydrogen) atoms. The molecule has 1 atom stereocenters. The van der Waals surface area contributed by atoms with Crippen LogP contribution in [0, 0.1) is 0 Å². The molecule has 3 heterocycles. The molecular weight excluding hydrogens is 438 g/mol. The minimum absolute atomic E-state index is 0.0255. The number of anilines is 1. The maximum atomic E-state index is 13.3. The van der Waals surface area contributed by atoms with Gasteiger partial charge in [-0.25, -0.2) is 8.42 Å². The van der Waals surface area contributed by atoms with E-state index in [9.17, 15) is 13.2 Å². The van der Waals surface area contributed by atoms with Crippen LogP contribution in [0.2, 0.25) is 0 Å². The second-order valence-electron chi connectivity index (χ2n) is 8.56. The van der Waals surface area contributed by atoms with Gasteiger partial charge in [-0.2, -0.15) is 0 Å². The summed E-state index contributed by atoms with van der Waals surface area (Å²) in [5.41, 5.74) is 0. The Kier molecular flexibility index (Phi) is 7.43. The molecule has 0 radical (unpaired) electrons. The summed E-state index contributed by atoms with van der Waals surface area (Å²) in [5, 5.41) is 9.47. The number of rotatable bonds is 7. The number of nitrogens with zero attached hydrogens (tertiary/aromatic N) is 5. The first kappa shape index (κ1) is 22.8. The number of aromatic nitrogens is 3. The highest BCUT2D eigenvalue weighted by atomic mass is 32.2. The number of thioether (sulfide) groups is 1. The Bertz CT molecular complexity index is 863. The fourth-order valence-corrected chi connectivity index (χ4v) is 7.50. The Morgan fingerprint density at radius 1 is 1.13 bits per heavy atom. The minimum Gasteiger partial charge on any atom is -0.378 e. The molecule has 4 rings (SSSR count). The van der Waals surface area contributed by atoms with Gasteiger partial charge in [-0.3, -0.25) is 9.36 Å². The second-order valence-corrected chi connectivity index (χ2v) is 11.7. The molecule has 1 amide bonds. The minimum atomic E-state index is -3.04. The third-order valence-electron chi connectivity index (χ3n) is 6.49. The zero-order chi connectivity index (χ0) is 21.8. The Balaban J connectivity index is 1.45. The van der Waals surface area contributed by atoms with Gasteiger partial charge in [0.15, 0.2) is 15.0 Å². The van der Waals surface area contributed by atoms with Crippen LogP contribution in [0.3, 0.4) is 0 Å². The van der Waals surface area contributed by atoms with Gasteiger partial charge in [0.2, 0.25) is 11.9 Å². The largest absolute Gasteiger partial charge is 0.378 e. The molecule has 2 saturated heterocycles. The van der Waals surface area contributed by atoms with Crippen molar-refractivity contribution in [3.8, 4) is 0 Å². The van der Waals surface area contributed by atoms with E-state index in [-0.39, 0.29) is 35.2 Å². The summed E-state index contributed by atoms with van der Waals surface area (Å²) in [6, 6.07) is -0.0257. The maximum absolute atomic E-state index is 13.3. The van der Waals surface area contributed by atoms with E-state index < -0.39 is 9.84 Å². The van der Waals surface area contributed by atoms with Crippen LogP contribution in [-0.4, -0.2) is 89.6 Å². The highest BCUT2D eigenvalue weighted by Gasteiger charge is 2.38. The summed E-state index contributed by atoms with van der Waals surface area (Å²) in [5.74, 6) is 1.40. The smallest absolute Gasteiger partial charge is 0.233 e. The summed E-state index contributed by atoms with van der Waals surface area (Å²) >= 11 is 1.41. The van der Waals surface area contributed by atoms with Crippen LogP contribution in [0.5, 0.6) is 0 Å². The molecule has 0 aromatic carbocycles.